The number of rotatable bonds is 4. The first-order chi connectivity index (χ1) is 13.8. The molecule has 0 fully saturated rings. The van der Waals surface area contributed by atoms with Crippen LogP contribution in [0.5, 0.6) is 0 Å². The van der Waals surface area contributed by atoms with Crippen LogP contribution < -0.4 is 9.62 Å². The van der Waals surface area contributed by atoms with Crippen LogP contribution in [0.3, 0.4) is 0 Å². The number of hydrogen-bond donors (Lipinski definition) is 1. The SMILES string of the molecule is Cc1cc(S(=O)(=O)Nc2ccc3c(c2)CCCN3C(=O)c2ccco2)ccc1F. The van der Waals surface area contributed by atoms with Gasteiger partial charge in [0.05, 0.1) is 11.2 Å². The molecule has 0 atom stereocenters. The zero-order chi connectivity index (χ0) is 20.6. The molecule has 3 aromatic rings. The Morgan fingerprint density at radius 3 is 2.72 bits per heavy atom. The van der Waals surface area contributed by atoms with E-state index < -0.39 is 15.8 Å². The van der Waals surface area contributed by atoms with E-state index in [1.165, 1.54) is 25.3 Å². The lowest BCUT2D eigenvalue weighted by Crippen LogP contribution is -2.35. The third-order valence-corrected chi connectivity index (χ3v) is 6.25. The summed E-state index contributed by atoms with van der Waals surface area (Å²) >= 11 is 0. The Morgan fingerprint density at radius 1 is 1.17 bits per heavy atom. The van der Waals surface area contributed by atoms with Gasteiger partial charge in [0.15, 0.2) is 5.76 Å². The first-order valence-corrected chi connectivity index (χ1v) is 10.6. The maximum Gasteiger partial charge on any atom is 0.293 e. The van der Waals surface area contributed by atoms with Crippen LogP contribution in [0.1, 0.15) is 28.1 Å². The minimum absolute atomic E-state index is 0.0104. The molecule has 2 aromatic carbocycles. The van der Waals surface area contributed by atoms with Gasteiger partial charge in [0.2, 0.25) is 0 Å². The van der Waals surface area contributed by atoms with Crippen molar-refractivity contribution in [2.24, 2.45) is 0 Å². The summed E-state index contributed by atoms with van der Waals surface area (Å²) in [6, 6.07) is 12.0. The minimum atomic E-state index is -3.86. The van der Waals surface area contributed by atoms with Crippen molar-refractivity contribution in [1.29, 1.82) is 0 Å². The number of anilines is 2. The van der Waals surface area contributed by atoms with Gasteiger partial charge in [0.25, 0.3) is 15.9 Å². The topological polar surface area (TPSA) is 79.6 Å². The molecule has 8 heteroatoms. The number of halogens is 1. The van der Waals surface area contributed by atoms with Crippen LogP contribution in [0.4, 0.5) is 15.8 Å². The van der Waals surface area contributed by atoms with E-state index in [2.05, 4.69) is 4.72 Å². The molecule has 0 saturated carbocycles. The lowest BCUT2D eigenvalue weighted by atomic mass is 10.0. The second-order valence-corrected chi connectivity index (χ2v) is 8.58. The number of sulfonamides is 1. The van der Waals surface area contributed by atoms with Gasteiger partial charge < -0.3 is 9.32 Å². The molecule has 0 aliphatic carbocycles. The maximum atomic E-state index is 13.5. The largest absolute Gasteiger partial charge is 0.459 e. The van der Waals surface area contributed by atoms with Gasteiger partial charge in [0, 0.05) is 17.9 Å². The Balaban J connectivity index is 1.61. The highest BCUT2D eigenvalue weighted by atomic mass is 32.2. The summed E-state index contributed by atoms with van der Waals surface area (Å²) in [6.07, 6.45) is 2.93. The van der Waals surface area contributed by atoms with E-state index in [1.807, 2.05) is 0 Å². The predicted octanol–water partition coefficient (Wildman–Crippen LogP) is 4.12. The molecule has 0 saturated heterocycles. The predicted molar refractivity (Wildman–Crippen MR) is 107 cm³/mol. The van der Waals surface area contributed by atoms with Gasteiger partial charge in [0.1, 0.15) is 5.82 Å². The number of hydrogen-bond acceptors (Lipinski definition) is 4. The van der Waals surface area contributed by atoms with Crippen LogP contribution in [0.15, 0.2) is 64.1 Å². The molecule has 4 rings (SSSR count). The van der Waals surface area contributed by atoms with E-state index in [-0.39, 0.29) is 22.1 Å². The zero-order valence-electron chi connectivity index (χ0n) is 15.7. The number of nitrogens with one attached hydrogen (secondary N) is 1. The molecule has 2 heterocycles. The number of carbonyl (C=O) groups excluding carboxylic acids is 1. The van der Waals surface area contributed by atoms with Crippen molar-refractivity contribution in [3.63, 3.8) is 0 Å². The van der Waals surface area contributed by atoms with Crippen LogP contribution in [0.2, 0.25) is 0 Å². The summed E-state index contributed by atoms with van der Waals surface area (Å²) in [5.41, 5.74) is 2.24. The van der Waals surface area contributed by atoms with Gasteiger partial charge in [-0.1, -0.05) is 0 Å². The number of aryl methyl sites for hydroxylation is 2. The number of amides is 1. The first-order valence-electron chi connectivity index (χ1n) is 9.12. The van der Waals surface area contributed by atoms with Gasteiger partial charge in [-0.2, -0.15) is 0 Å². The van der Waals surface area contributed by atoms with Crippen LogP contribution in [0, 0.1) is 12.7 Å². The van der Waals surface area contributed by atoms with Gasteiger partial charge in [-0.05, 0) is 79.4 Å². The molecule has 0 bridgehead atoms. The minimum Gasteiger partial charge on any atom is -0.459 e. The van der Waals surface area contributed by atoms with E-state index >= 15 is 0 Å². The van der Waals surface area contributed by atoms with E-state index in [1.54, 1.807) is 35.2 Å². The summed E-state index contributed by atoms with van der Waals surface area (Å²) < 4.78 is 46.5. The number of furan rings is 1. The van der Waals surface area contributed by atoms with E-state index in [9.17, 15) is 17.6 Å². The molecule has 29 heavy (non-hydrogen) atoms. The molecule has 0 radical (unpaired) electrons. The molecule has 1 aromatic heterocycles. The Bertz CT molecular complexity index is 1170. The van der Waals surface area contributed by atoms with Crippen molar-refractivity contribution >= 4 is 27.3 Å². The molecule has 1 N–H and O–H groups in total. The van der Waals surface area contributed by atoms with Crippen molar-refractivity contribution in [1.82, 2.24) is 0 Å². The Labute approximate surface area is 168 Å². The molecule has 1 aliphatic heterocycles. The Kier molecular flexibility index (Phi) is 4.87. The van der Waals surface area contributed by atoms with Crippen molar-refractivity contribution < 1.29 is 22.0 Å². The van der Waals surface area contributed by atoms with Crippen LogP contribution in [-0.2, 0) is 16.4 Å². The number of benzene rings is 2. The van der Waals surface area contributed by atoms with Gasteiger partial charge in [-0.25, -0.2) is 12.8 Å². The van der Waals surface area contributed by atoms with Crippen molar-refractivity contribution in [2.75, 3.05) is 16.2 Å². The highest BCUT2D eigenvalue weighted by molar-refractivity contribution is 7.92. The van der Waals surface area contributed by atoms with Crippen molar-refractivity contribution in [2.45, 2.75) is 24.7 Å². The summed E-state index contributed by atoms with van der Waals surface area (Å²) in [6.45, 7) is 2.07. The van der Waals surface area contributed by atoms with Crippen LogP contribution in [0.25, 0.3) is 0 Å². The third kappa shape index (κ3) is 3.75. The highest BCUT2D eigenvalue weighted by Gasteiger charge is 2.26. The first kappa shape index (κ1) is 19.2. The standard InChI is InChI=1S/C21H19FN2O4S/c1-14-12-17(7-8-18(14)22)29(26,27)23-16-6-9-19-15(13-16)4-2-10-24(19)21(25)20-5-3-11-28-20/h3,5-9,11-13,23H,2,4,10H2,1H3. The van der Waals surface area contributed by atoms with Gasteiger partial charge >= 0.3 is 0 Å². The van der Waals surface area contributed by atoms with E-state index in [0.717, 1.165) is 30.2 Å². The van der Waals surface area contributed by atoms with Crippen LogP contribution in [-0.4, -0.2) is 20.9 Å². The molecular weight excluding hydrogens is 395 g/mol. The lowest BCUT2D eigenvalue weighted by molar-refractivity contribution is 0.0958. The Hall–Kier alpha value is -3.13. The highest BCUT2D eigenvalue weighted by Crippen LogP contribution is 2.31. The van der Waals surface area contributed by atoms with Gasteiger partial charge in [-0.15, -0.1) is 0 Å². The smallest absolute Gasteiger partial charge is 0.293 e. The molecule has 150 valence electrons. The lowest BCUT2D eigenvalue weighted by Gasteiger charge is -2.29. The molecule has 1 amide bonds. The number of nitrogens with zero attached hydrogens (tertiary/aromatic N) is 1. The summed E-state index contributed by atoms with van der Waals surface area (Å²) in [7, 11) is -3.86. The fourth-order valence-electron chi connectivity index (χ4n) is 3.40. The monoisotopic (exact) mass is 414 g/mol. The van der Waals surface area contributed by atoms with Crippen molar-refractivity contribution in [3.05, 3.63) is 77.5 Å². The summed E-state index contributed by atoms with van der Waals surface area (Å²) in [5.74, 6) is -0.431. The van der Waals surface area contributed by atoms with Crippen molar-refractivity contribution in [3.8, 4) is 0 Å². The van der Waals surface area contributed by atoms with Crippen LogP contribution >= 0.6 is 0 Å². The average Bonchev–Trinajstić information content (AvgIpc) is 3.23. The third-order valence-electron chi connectivity index (χ3n) is 4.87. The second-order valence-electron chi connectivity index (χ2n) is 6.90. The summed E-state index contributed by atoms with van der Waals surface area (Å²) in [5, 5.41) is 0. The normalized spacial score (nSPS) is 13.8. The zero-order valence-corrected chi connectivity index (χ0v) is 16.5. The van der Waals surface area contributed by atoms with E-state index in [4.69, 9.17) is 4.42 Å². The summed E-state index contributed by atoms with van der Waals surface area (Å²) in [4.78, 5) is 14.3. The maximum absolute atomic E-state index is 13.5. The Morgan fingerprint density at radius 2 is 2.00 bits per heavy atom. The van der Waals surface area contributed by atoms with Gasteiger partial charge in [-0.3, -0.25) is 9.52 Å². The quantitative estimate of drug-likeness (QED) is 0.696. The molecule has 1 aliphatic rings. The molecule has 0 unspecified atom stereocenters. The molecule has 0 spiro atoms. The molecular formula is C21H19FN2O4S. The second kappa shape index (κ2) is 7.36. The molecule has 6 nitrogen and oxygen atoms in total. The average molecular weight is 414 g/mol. The fourth-order valence-corrected chi connectivity index (χ4v) is 4.54. The van der Waals surface area contributed by atoms with E-state index in [0.29, 0.717) is 12.2 Å². The number of carbonyl (C=O) groups is 1. The fraction of sp³-hybridized carbons (Fsp3) is 0.190. The number of fused-ring (bicyclic) bond motifs is 1.